The normalized spacial score (nSPS) is 17.6. The molecular weight excluding hydrogens is 331 g/mol. The summed E-state index contributed by atoms with van der Waals surface area (Å²) in [5, 5.41) is 0. The zero-order valence-electron chi connectivity index (χ0n) is 17.7. The molecule has 1 fully saturated rings. The van der Waals surface area contributed by atoms with Crippen molar-refractivity contribution >= 4 is 19.5 Å². The Labute approximate surface area is 165 Å². The van der Waals surface area contributed by atoms with Gasteiger partial charge in [-0.05, 0) is 63.9 Å². The lowest BCUT2D eigenvalue weighted by molar-refractivity contribution is 0.179. The Morgan fingerprint density at radius 3 is 2.37 bits per heavy atom. The van der Waals surface area contributed by atoms with Crippen LogP contribution >= 0.6 is 0 Å². The van der Waals surface area contributed by atoms with Gasteiger partial charge < -0.3 is 9.71 Å². The van der Waals surface area contributed by atoms with Crippen molar-refractivity contribution in [3.05, 3.63) is 53.2 Å². The third kappa shape index (κ3) is 4.46. The highest BCUT2D eigenvalue weighted by molar-refractivity contribution is 6.18. The fourth-order valence-corrected chi connectivity index (χ4v) is 4.01. The highest BCUT2D eigenvalue weighted by atomic mass is 15.3. The number of rotatable bonds is 5. The molecule has 2 atom stereocenters. The number of benzene rings is 1. The smallest absolute Gasteiger partial charge is 0.217 e. The third-order valence-corrected chi connectivity index (χ3v) is 6.14. The van der Waals surface area contributed by atoms with Gasteiger partial charge in [0.25, 0.3) is 0 Å². The topological polar surface area (TPSA) is 22.6 Å². The molecule has 1 aromatic carbocycles. The van der Waals surface area contributed by atoms with Crippen LogP contribution in [0.25, 0.3) is 0 Å². The molecule has 2 heterocycles. The summed E-state index contributed by atoms with van der Waals surface area (Å²) in [5.41, 5.74) is 5.10. The Morgan fingerprint density at radius 2 is 1.70 bits per heavy atom. The van der Waals surface area contributed by atoms with Crippen molar-refractivity contribution in [1.29, 1.82) is 0 Å². The summed E-state index contributed by atoms with van der Waals surface area (Å²) < 4.78 is 0. The fraction of sp³-hybridized carbons (Fsp3) is 0.500. The van der Waals surface area contributed by atoms with Crippen LogP contribution < -0.4 is 9.71 Å². The van der Waals surface area contributed by atoms with E-state index in [4.69, 9.17) is 0 Å². The molecule has 0 bridgehead atoms. The van der Waals surface area contributed by atoms with Gasteiger partial charge in [0.1, 0.15) is 5.82 Å². The van der Waals surface area contributed by atoms with Gasteiger partial charge in [0.15, 0.2) is 0 Å². The van der Waals surface area contributed by atoms with E-state index >= 15 is 0 Å². The maximum Gasteiger partial charge on any atom is 0.217 e. The Balaban J connectivity index is 1.63. The average molecular weight is 364 g/mol. The molecule has 0 radical (unpaired) electrons. The number of pyridine rings is 1. The van der Waals surface area contributed by atoms with Crippen molar-refractivity contribution in [2.75, 3.05) is 35.9 Å². The van der Waals surface area contributed by atoms with Gasteiger partial charge in [-0.25, -0.2) is 4.98 Å². The van der Waals surface area contributed by atoms with Gasteiger partial charge in [-0.2, -0.15) is 0 Å². The first-order valence-corrected chi connectivity index (χ1v) is 10.1. The van der Waals surface area contributed by atoms with Crippen LogP contribution in [-0.4, -0.2) is 56.1 Å². The van der Waals surface area contributed by atoms with Crippen LogP contribution in [0.2, 0.25) is 0 Å². The number of hydrogen-bond donors (Lipinski definition) is 0. The lowest BCUT2D eigenvalue weighted by Crippen LogP contribution is -2.55. The van der Waals surface area contributed by atoms with Gasteiger partial charge in [0, 0.05) is 49.6 Å². The van der Waals surface area contributed by atoms with Crippen molar-refractivity contribution in [3.8, 4) is 0 Å². The van der Waals surface area contributed by atoms with Crippen LogP contribution in [0.1, 0.15) is 30.7 Å². The van der Waals surface area contributed by atoms with Crippen molar-refractivity contribution in [1.82, 2.24) is 9.88 Å². The third-order valence-electron chi connectivity index (χ3n) is 6.14. The summed E-state index contributed by atoms with van der Waals surface area (Å²) in [5.74, 6) is 1.11. The Bertz CT molecular complexity index is 771. The molecule has 0 saturated carbocycles. The monoisotopic (exact) mass is 364 g/mol. The minimum Gasteiger partial charge on any atom is -0.418 e. The quantitative estimate of drug-likeness (QED) is 0.761. The Hall–Kier alpha value is -2.01. The molecule has 3 rings (SSSR count). The van der Waals surface area contributed by atoms with E-state index in [-0.39, 0.29) is 0 Å². The zero-order chi connectivity index (χ0) is 19.6. The standard InChI is InChI=1S/C22H33BN4/c1-16-9-10-17(2)21(15-16)27(23)20(5)19(4)25-11-13-26(14-12-25)22-8-6-7-18(3)24-22/h6-10,15,19-20H,11-14,23H2,1-5H3. The van der Waals surface area contributed by atoms with Crippen LogP contribution in [0.4, 0.5) is 11.5 Å². The SMILES string of the molecule is BN(c1cc(C)ccc1C)C(C)C(C)N1CCN(c2cccc(C)n2)CC1. The number of piperazine rings is 1. The van der Waals surface area contributed by atoms with Crippen LogP contribution in [0.15, 0.2) is 36.4 Å². The lowest BCUT2D eigenvalue weighted by atomic mass is 10.00. The number of aryl methyl sites for hydroxylation is 3. The molecule has 1 aromatic heterocycles. The van der Waals surface area contributed by atoms with Crippen LogP contribution in [-0.2, 0) is 0 Å². The van der Waals surface area contributed by atoms with Gasteiger partial charge in [0.2, 0.25) is 7.98 Å². The molecule has 2 aromatic rings. The fourth-order valence-electron chi connectivity index (χ4n) is 4.01. The first kappa shape index (κ1) is 19.7. The van der Waals surface area contributed by atoms with E-state index in [1.54, 1.807) is 0 Å². The average Bonchev–Trinajstić information content (AvgIpc) is 2.68. The van der Waals surface area contributed by atoms with Crippen LogP contribution in [0.3, 0.4) is 0 Å². The van der Waals surface area contributed by atoms with Gasteiger partial charge in [0.05, 0.1) is 0 Å². The minimum absolute atomic E-state index is 0.453. The molecule has 2 unspecified atom stereocenters. The lowest BCUT2D eigenvalue weighted by Gasteiger charge is -2.43. The molecule has 5 heteroatoms. The van der Waals surface area contributed by atoms with Gasteiger partial charge in [-0.15, -0.1) is 0 Å². The molecule has 1 saturated heterocycles. The molecule has 144 valence electrons. The zero-order valence-corrected chi connectivity index (χ0v) is 17.7. The van der Waals surface area contributed by atoms with Crippen molar-refractivity contribution in [2.45, 2.75) is 46.7 Å². The highest BCUT2D eigenvalue weighted by Crippen LogP contribution is 2.25. The summed E-state index contributed by atoms with van der Waals surface area (Å²) in [6.45, 7) is 15.4. The molecule has 27 heavy (non-hydrogen) atoms. The van der Waals surface area contributed by atoms with Crippen molar-refractivity contribution < 1.29 is 0 Å². The second-order valence-corrected chi connectivity index (χ2v) is 8.04. The van der Waals surface area contributed by atoms with E-state index in [2.05, 4.69) is 98.6 Å². The summed E-state index contributed by atoms with van der Waals surface area (Å²) in [4.78, 5) is 12.2. The molecular formula is C22H33BN4. The molecule has 1 aliphatic rings. The first-order valence-electron chi connectivity index (χ1n) is 10.1. The predicted octanol–water partition coefficient (Wildman–Crippen LogP) is 2.96. The van der Waals surface area contributed by atoms with E-state index in [9.17, 15) is 0 Å². The number of hydrogen-bond acceptors (Lipinski definition) is 4. The van der Waals surface area contributed by atoms with E-state index in [0.29, 0.717) is 12.1 Å². The highest BCUT2D eigenvalue weighted by Gasteiger charge is 2.27. The van der Waals surface area contributed by atoms with Gasteiger partial charge in [-0.1, -0.05) is 18.2 Å². The maximum atomic E-state index is 4.69. The summed E-state index contributed by atoms with van der Waals surface area (Å²) in [6, 6.07) is 14.0. The van der Waals surface area contributed by atoms with Gasteiger partial charge >= 0.3 is 0 Å². The molecule has 0 spiro atoms. The van der Waals surface area contributed by atoms with E-state index < -0.39 is 0 Å². The van der Waals surface area contributed by atoms with Gasteiger partial charge in [-0.3, -0.25) is 4.90 Å². The summed E-state index contributed by atoms with van der Waals surface area (Å²) >= 11 is 0. The second-order valence-electron chi connectivity index (χ2n) is 8.04. The Kier molecular flexibility index (Phi) is 6.10. The minimum atomic E-state index is 0.453. The molecule has 0 amide bonds. The van der Waals surface area contributed by atoms with Crippen molar-refractivity contribution in [2.24, 2.45) is 0 Å². The number of anilines is 2. The molecule has 0 N–H and O–H groups in total. The van der Waals surface area contributed by atoms with Crippen LogP contribution in [0.5, 0.6) is 0 Å². The van der Waals surface area contributed by atoms with Crippen molar-refractivity contribution in [3.63, 3.8) is 0 Å². The summed E-state index contributed by atoms with van der Waals surface area (Å²) in [7, 11) is 2.23. The predicted molar refractivity (Wildman–Crippen MR) is 119 cm³/mol. The van der Waals surface area contributed by atoms with E-state index in [1.165, 1.54) is 16.8 Å². The molecule has 0 aliphatic carbocycles. The molecule has 1 aliphatic heterocycles. The summed E-state index contributed by atoms with van der Waals surface area (Å²) in [6.07, 6.45) is 0. The van der Waals surface area contributed by atoms with E-state index in [0.717, 1.165) is 37.7 Å². The number of nitrogens with zero attached hydrogens (tertiary/aromatic N) is 4. The Morgan fingerprint density at radius 1 is 1.00 bits per heavy atom. The molecule has 4 nitrogen and oxygen atoms in total. The second kappa shape index (κ2) is 8.34. The largest absolute Gasteiger partial charge is 0.418 e. The van der Waals surface area contributed by atoms with Crippen LogP contribution in [0, 0.1) is 20.8 Å². The van der Waals surface area contributed by atoms with E-state index in [1.807, 2.05) is 0 Å². The number of aromatic nitrogens is 1. The first-order chi connectivity index (χ1) is 12.9. The maximum absolute atomic E-state index is 4.69.